The molecule has 1 N–H and O–H groups in total. The summed E-state index contributed by atoms with van der Waals surface area (Å²) in [7, 11) is 0. The number of aliphatic hydroxyl groups is 1. The molecule has 0 saturated heterocycles. The van der Waals surface area contributed by atoms with E-state index in [0.717, 1.165) is 6.42 Å². The lowest BCUT2D eigenvalue weighted by atomic mass is 10.3. The van der Waals surface area contributed by atoms with E-state index in [1.807, 2.05) is 20.8 Å². The van der Waals surface area contributed by atoms with Crippen LogP contribution in [0.4, 0.5) is 0 Å². The molecule has 0 saturated carbocycles. The quantitative estimate of drug-likeness (QED) is 0.605. The molecule has 0 aromatic heterocycles. The summed E-state index contributed by atoms with van der Waals surface area (Å²) in [5.74, 6) is -0.189. The van der Waals surface area contributed by atoms with Crippen LogP contribution < -0.4 is 0 Å². The number of hydrogen-bond acceptors (Lipinski definition) is 5. The van der Waals surface area contributed by atoms with E-state index in [4.69, 9.17) is 19.3 Å². The number of hydrogen-bond donors (Lipinski definition) is 1. The Morgan fingerprint density at radius 1 is 1.06 bits per heavy atom. The van der Waals surface area contributed by atoms with Crippen LogP contribution in [-0.4, -0.2) is 49.2 Å². The predicted octanol–water partition coefficient (Wildman–Crippen LogP) is 1.52. The van der Waals surface area contributed by atoms with Crippen molar-refractivity contribution in [2.75, 3.05) is 19.8 Å². The summed E-state index contributed by atoms with van der Waals surface area (Å²) in [5.41, 5.74) is 0. The van der Waals surface area contributed by atoms with Gasteiger partial charge in [-0.25, -0.2) is 0 Å². The van der Waals surface area contributed by atoms with Crippen LogP contribution in [0.15, 0.2) is 0 Å². The van der Waals surface area contributed by atoms with Crippen molar-refractivity contribution in [2.24, 2.45) is 0 Å². The number of ether oxygens (including phenoxy) is 3. The normalized spacial score (nSPS) is 16.1. The summed E-state index contributed by atoms with van der Waals surface area (Å²) in [6, 6.07) is 0. The molecule has 0 aliphatic heterocycles. The van der Waals surface area contributed by atoms with Gasteiger partial charge >= 0.3 is 5.97 Å². The van der Waals surface area contributed by atoms with Crippen LogP contribution in [-0.2, 0) is 19.0 Å². The molecule has 0 aromatic carbocycles. The van der Waals surface area contributed by atoms with Gasteiger partial charge in [0.1, 0.15) is 6.61 Å². The van der Waals surface area contributed by atoms with Crippen molar-refractivity contribution in [2.45, 2.75) is 58.8 Å². The maximum atomic E-state index is 11.1. The third kappa shape index (κ3) is 10.5. The molecule has 18 heavy (non-hydrogen) atoms. The highest BCUT2D eigenvalue weighted by atomic mass is 16.6. The predicted molar refractivity (Wildman–Crippen MR) is 68.4 cm³/mol. The molecule has 0 aliphatic carbocycles. The molecular weight excluding hydrogens is 236 g/mol. The minimum absolute atomic E-state index is 0.0895. The zero-order chi connectivity index (χ0) is 14.0. The van der Waals surface area contributed by atoms with Gasteiger partial charge in [0.2, 0.25) is 0 Å². The summed E-state index contributed by atoms with van der Waals surface area (Å²) >= 11 is 0. The number of aliphatic hydroxyl groups excluding tert-OH is 1. The molecule has 0 aromatic rings. The van der Waals surface area contributed by atoms with Crippen molar-refractivity contribution >= 4 is 5.97 Å². The van der Waals surface area contributed by atoms with Gasteiger partial charge in [0.15, 0.2) is 0 Å². The van der Waals surface area contributed by atoms with Crippen molar-refractivity contribution < 1.29 is 24.1 Å². The van der Waals surface area contributed by atoms with Gasteiger partial charge in [-0.1, -0.05) is 6.92 Å². The van der Waals surface area contributed by atoms with Crippen molar-refractivity contribution in [1.82, 2.24) is 0 Å². The largest absolute Gasteiger partial charge is 0.463 e. The Kier molecular flexibility index (Phi) is 9.92. The smallest absolute Gasteiger partial charge is 0.305 e. The van der Waals surface area contributed by atoms with Gasteiger partial charge in [0.25, 0.3) is 0 Å². The average molecular weight is 262 g/mol. The second-order valence-electron chi connectivity index (χ2n) is 4.57. The number of carbonyl (C=O) groups is 1. The molecule has 5 heteroatoms. The first-order chi connectivity index (χ1) is 8.45. The fraction of sp³-hybridized carbons (Fsp3) is 0.923. The first-order valence-electron chi connectivity index (χ1n) is 6.52. The highest BCUT2D eigenvalue weighted by Crippen LogP contribution is 2.00. The lowest BCUT2D eigenvalue weighted by Gasteiger charge is -2.18. The van der Waals surface area contributed by atoms with Gasteiger partial charge in [-0.05, 0) is 27.2 Å². The zero-order valence-electron chi connectivity index (χ0n) is 11.8. The molecule has 0 radical (unpaired) electrons. The maximum Gasteiger partial charge on any atom is 0.305 e. The molecule has 108 valence electrons. The molecule has 0 aliphatic rings. The summed E-state index contributed by atoms with van der Waals surface area (Å²) < 4.78 is 15.8. The molecule has 0 amide bonds. The monoisotopic (exact) mass is 262 g/mol. The third-order valence-corrected chi connectivity index (χ3v) is 2.17. The van der Waals surface area contributed by atoms with E-state index in [1.165, 1.54) is 0 Å². The molecular formula is C13H26O5. The Labute approximate surface area is 109 Å². The van der Waals surface area contributed by atoms with E-state index < -0.39 is 6.10 Å². The Morgan fingerprint density at radius 2 is 1.61 bits per heavy atom. The molecule has 0 heterocycles. The van der Waals surface area contributed by atoms with Crippen molar-refractivity contribution in [3.05, 3.63) is 0 Å². The lowest BCUT2D eigenvalue weighted by Crippen LogP contribution is -2.26. The summed E-state index contributed by atoms with van der Waals surface area (Å²) in [6.07, 6.45) is 0.524. The Balaban J connectivity index is 3.57. The van der Waals surface area contributed by atoms with Gasteiger partial charge in [0, 0.05) is 6.42 Å². The SMILES string of the molecule is CCCC(=O)OCC(C)OCC(C)OCC(C)O. The Hall–Kier alpha value is -0.650. The second kappa shape index (κ2) is 10.3. The molecule has 0 fully saturated rings. The number of rotatable bonds is 10. The van der Waals surface area contributed by atoms with E-state index in [0.29, 0.717) is 19.6 Å². The molecule has 3 unspecified atom stereocenters. The first-order valence-corrected chi connectivity index (χ1v) is 6.52. The van der Waals surface area contributed by atoms with Gasteiger partial charge in [0.05, 0.1) is 31.5 Å². The molecule has 0 bridgehead atoms. The average Bonchev–Trinajstić information content (AvgIpc) is 2.31. The maximum absolute atomic E-state index is 11.1. The van der Waals surface area contributed by atoms with Crippen LogP contribution in [0.2, 0.25) is 0 Å². The van der Waals surface area contributed by atoms with Crippen molar-refractivity contribution in [3.63, 3.8) is 0 Å². The molecule has 0 rings (SSSR count). The highest BCUT2D eigenvalue weighted by molar-refractivity contribution is 5.69. The number of carbonyl (C=O) groups excluding carboxylic acids is 1. The Morgan fingerprint density at radius 3 is 2.17 bits per heavy atom. The minimum Gasteiger partial charge on any atom is -0.463 e. The molecule has 0 spiro atoms. The minimum atomic E-state index is -0.472. The van der Waals surface area contributed by atoms with Crippen molar-refractivity contribution in [1.29, 1.82) is 0 Å². The van der Waals surface area contributed by atoms with Crippen LogP contribution >= 0.6 is 0 Å². The van der Waals surface area contributed by atoms with Crippen LogP contribution in [0.1, 0.15) is 40.5 Å². The Bertz CT molecular complexity index is 217. The standard InChI is InChI=1S/C13H26O5/c1-5-6-13(15)18-9-12(4)17-8-11(3)16-7-10(2)14/h10-12,14H,5-9H2,1-4H3. The lowest BCUT2D eigenvalue weighted by molar-refractivity contribution is -0.148. The fourth-order valence-corrected chi connectivity index (χ4v) is 1.19. The summed E-state index contributed by atoms with van der Waals surface area (Å²) in [5, 5.41) is 9.05. The molecule has 3 atom stereocenters. The van der Waals surface area contributed by atoms with Crippen LogP contribution in [0.25, 0.3) is 0 Å². The number of esters is 1. The van der Waals surface area contributed by atoms with E-state index in [9.17, 15) is 4.79 Å². The highest BCUT2D eigenvalue weighted by Gasteiger charge is 2.10. The van der Waals surface area contributed by atoms with Crippen LogP contribution in [0.5, 0.6) is 0 Å². The van der Waals surface area contributed by atoms with Gasteiger partial charge < -0.3 is 19.3 Å². The van der Waals surface area contributed by atoms with Gasteiger partial charge in [-0.2, -0.15) is 0 Å². The first kappa shape index (κ1) is 17.4. The van der Waals surface area contributed by atoms with Crippen molar-refractivity contribution in [3.8, 4) is 0 Å². The van der Waals surface area contributed by atoms with Crippen LogP contribution in [0.3, 0.4) is 0 Å². The molecule has 5 nitrogen and oxygen atoms in total. The summed E-state index contributed by atoms with van der Waals surface area (Å²) in [6.45, 7) is 8.30. The van der Waals surface area contributed by atoms with Gasteiger partial charge in [-0.3, -0.25) is 4.79 Å². The topological polar surface area (TPSA) is 65.0 Å². The zero-order valence-corrected chi connectivity index (χ0v) is 11.8. The third-order valence-electron chi connectivity index (χ3n) is 2.17. The van der Waals surface area contributed by atoms with Crippen LogP contribution in [0, 0.1) is 0 Å². The summed E-state index contributed by atoms with van der Waals surface area (Å²) in [4.78, 5) is 11.1. The van der Waals surface area contributed by atoms with E-state index >= 15 is 0 Å². The second-order valence-corrected chi connectivity index (χ2v) is 4.57. The van der Waals surface area contributed by atoms with E-state index in [-0.39, 0.29) is 24.8 Å². The van der Waals surface area contributed by atoms with Gasteiger partial charge in [-0.15, -0.1) is 0 Å². The fourth-order valence-electron chi connectivity index (χ4n) is 1.19. The van der Waals surface area contributed by atoms with E-state index in [1.54, 1.807) is 6.92 Å². The van der Waals surface area contributed by atoms with E-state index in [2.05, 4.69) is 0 Å².